The van der Waals surface area contributed by atoms with E-state index in [1.165, 1.54) is 26.9 Å². The predicted molar refractivity (Wildman–Crippen MR) is 128 cm³/mol. The molecule has 9 nitrogen and oxygen atoms in total. The molecule has 1 unspecified atom stereocenters. The molecule has 1 aliphatic carbocycles. The third-order valence-electron chi connectivity index (χ3n) is 6.60. The number of fused-ring (bicyclic) bond motifs is 4. The summed E-state index contributed by atoms with van der Waals surface area (Å²) in [5.74, 6) is -1.17. The molecular formula is C26H26N4O5. The molecule has 0 radical (unpaired) electrons. The highest BCUT2D eigenvalue weighted by molar-refractivity contribution is 6.01. The minimum Gasteiger partial charge on any atom is -0.477 e. The number of nitrogens with one attached hydrogen (secondary N) is 1. The summed E-state index contributed by atoms with van der Waals surface area (Å²) in [6.07, 6.45) is 0.895. The first-order valence-corrected chi connectivity index (χ1v) is 11.6. The van der Waals surface area contributed by atoms with E-state index in [-0.39, 0.29) is 42.9 Å². The fraction of sp³-hybridized carbons (Fsp3) is 0.308. The van der Waals surface area contributed by atoms with Crippen molar-refractivity contribution in [2.24, 2.45) is 5.92 Å². The lowest BCUT2D eigenvalue weighted by molar-refractivity contribution is -0.119. The molecule has 0 fully saturated rings. The van der Waals surface area contributed by atoms with Gasteiger partial charge in [0, 0.05) is 25.4 Å². The number of carbonyl (C=O) groups excluding carboxylic acids is 2. The number of benzene rings is 2. The van der Waals surface area contributed by atoms with Gasteiger partial charge in [0.2, 0.25) is 5.91 Å². The van der Waals surface area contributed by atoms with Crippen molar-refractivity contribution in [2.75, 3.05) is 24.6 Å². The van der Waals surface area contributed by atoms with E-state index in [1.54, 1.807) is 0 Å². The van der Waals surface area contributed by atoms with Crippen LogP contribution in [0.25, 0.3) is 11.1 Å². The number of hydrogen-bond acceptors (Lipinski definition) is 5. The largest absolute Gasteiger partial charge is 0.477 e. The number of rotatable bonds is 7. The second-order valence-corrected chi connectivity index (χ2v) is 8.97. The summed E-state index contributed by atoms with van der Waals surface area (Å²) in [6, 6.07) is 16.3. The van der Waals surface area contributed by atoms with Crippen LogP contribution in [0.5, 0.6) is 0 Å². The third kappa shape index (κ3) is 4.25. The van der Waals surface area contributed by atoms with Crippen LogP contribution in [0.2, 0.25) is 0 Å². The number of anilines is 1. The molecule has 2 aliphatic rings. The molecule has 0 spiro atoms. The Kier molecular flexibility index (Phi) is 5.98. The number of amides is 2. The maximum atomic E-state index is 12.8. The average Bonchev–Trinajstić information content (AvgIpc) is 3.53. The Labute approximate surface area is 202 Å². The Bertz CT molecular complexity index is 1250. The van der Waals surface area contributed by atoms with Gasteiger partial charge in [-0.1, -0.05) is 55.5 Å². The standard InChI is InChI=1S/C26H26N4O5/c1-16(12-23(31)29-10-11-30-24(29)21(14-28-30)25(32)33)13-27-26(34)35-15-22-19-8-4-2-6-17(19)18-7-3-5-9-20(18)22/h2-9,14,16,22H,10-13,15H2,1H3,(H,27,34)(H,32,33). The Morgan fingerprint density at radius 3 is 2.40 bits per heavy atom. The van der Waals surface area contributed by atoms with Crippen LogP contribution in [0.4, 0.5) is 10.6 Å². The summed E-state index contributed by atoms with van der Waals surface area (Å²) >= 11 is 0. The molecule has 2 aromatic carbocycles. The minimum absolute atomic E-state index is 0.0141. The molecule has 1 aromatic heterocycles. The molecule has 1 atom stereocenters. The van der Waals surface area contributed by atoms with Gasteiger partial charge in [-0.05, 0) is 28.2 Å². The monoisotopic (exact) mass is 474 g/mol. The lowest BCUT2D eigenvalue weighted by atomic mass is 9.98. The first kappa shape index (κ1) is 22.6. The maximum Gasteiger partial charge on any atom is 0.407 e. The third-order valence-corrected chi connectivity index (χ3v) is 6.60. The van der Waals surface area contributed by atoms with Crippen molar-refractivity contribution in [2.45, 2.75) is 25.8 Å². The second-order valence-electron chi connectivity index (χ2n) is 8.97. The molecule has 180 valence electrons. The predicted octanol–water partition coefficient (Wildman–Crippen LogP) is 3.49. The average molecular weight is 475 g/mol. The van der Waals surface area contributed by atoms with E-state index < -0.39 is 12.1 Å². The summed E-state index contributed by atoms with van der Waals surface area (Å²) in [4.78, 5) is 38.1. The van der Waals surface area contributed by atoms with Crippen LogP contribution in [-0.2, 0) is 16.1 Å². The van der Waals surface area contributed by atoms with Gasteiger partial charge in [0.1, 0.15) is 18.0 Å². The van der Waals surface area contributed by atoms with Crippen LogP contribution >= 0.6 is 0 Å². The van der Waals surface area contributed by atoms with E-state index in [4.69, 9.17) is 4.74 Å². The number of aromatic carboxylic acids is 1. The summed E-state index contributed by atoms with van der Waals surface area (Å²) in [6.45, 7) is 3.19. The number of aromatic nitrogens is 2. The van der Waals surface area contributed by atoms with Gasteiger partial charge in [-0.15, -0.1) is 0 Å². The number of alkyl carbamates (subject to hydrolysis) is 1. The zero-order chi connectivity index (χ0) is 24.5. The molecular weight excluding hydrogens is 448 g/mol. The number of hydrogen-bond donors (Lipinski definition) is 2. The van der Waals surface area contributed by atoms with Crippen molar-refractivity contribution in [3.05, 3.63) is 71.4 Å². The van der Waals surface area contributed by atoms with E-state index >= 15 is 0 Å². The molecule has 0 saturated heterocycles. The van der Waals surface area contributed by atoms with E-state index in [0.717, 1.165) is 11.1 Å². The molecule has 2 heterocycles. The normalized spacial score (nSPS) is 14.7. The SMILES string of the molecule is CC(CNC(=O)OCC1c2ccccc2-c2ccccc21)CC(=O)N1CCn2ncc(C(=O)O)c21. The molecule has 35 heavy (non-hydrogen) atoms. The summed E-state index contributed by atoms with van der Waals surface area (Å²) in [5.41, 5.74) is 4.63. The van der Waals surface area contributed by atoms with Gasteiger partial charge < -0.3 is 15.2 Å². The zero-order valence-electron chi connectivity index (χ0n) is 19.3. The second kappa shape index (κ2) is 9.25. The Morgan fingerprint density at radius 1 is 1.09 bits per heavy atom. The molecule has 3 aromatic rings. The van der Waals surface area contributed by atoms with Gasteiger partial charge in [0.05, 0.1) is 12.7 Å². The van der Waals surface area contributed by atoms with Gasteiger partial charge in [0.25, 0.3) is 0 Å². The van der Waals surface area contributed by atoms with Crippen molar-refractivity contribution in [1.82, 2.24) is 15.1 Å². The van der Waals surface area contributed by atoms with E-state index in [1.807, 2.05) is 31.2 Å². The topological polar surface area (TPSA) is 114 Å². The van der Waals surface area contributed by atoms with Gasteiger partial charge in [-0.25, -0.2) is 14.3 Å². The number of carbonyl (C=O) groups is 3. The van der Waals surface area contributed by atoms with E-state index in [9.17, 15) is 19.5 Å². The highest BCUT2D eigenvalue weighted by Gasteiger charge is 2.32. The Balaban J connectivity index is 1.13. The smallest absolute Gasteiger partial charge is 0.407 e. The van der Waals surface area contributed by atoms with Gasteiger partial charge in [0.15, 0.2) is 0 Å². The molecule has 1 aliphatic heterocycles. The fourth-order valence-corrected chi connectivity index (χ4v) is 4.91. The van der Waals surface area contributed by atoms with Crippen LogP contribution in [0, 0.1) is 5.92 Å². The maximum absolute atomic E-state index is 12.8. The van der Waals surface area contributed by atoms with Gasteiger partial charge in [-0.3, -0.25) is 9.69 Å². The van der Waals surface area contributed by atoms with Crippen LogP contribution in [0.3, 0.4) is 0 Å². The lowest BCUT2D eigenvalue weighted by Gasteiger charge is -2.19. The van der Waals surface area contributed by atoms with Crippen molar-refractivity contribution < 1.29 is 24.2 Å². The van der Waals surface area contributed by atoms with Crippen LogP contribution in [0.15, 0.2) is 54.7 Å². The highest BCUT2D eigenvalue weighted by Crippen LogP contribution is 2.44. The van der Waals surface area contributed by atoms with Crippen molar-refractivity contribution in [1.29, 1.82) is 0 Å². The lowest BCUT2D eigenvalue weighted by Crippen LogP contribution is -2.35. The fourth-order valence-electron chi connectivity index (χ4n) is 4.91. The first-order valence-electron chi connectivity index (χ1n) is 11.6. The first-order chi connectivity index (χ1) is 16.9. The molecule has 2 N–H and O–H groups in total. The van der Waals surface area contributed by atoms with E-state index in [0.29, 0.717) is 18.9 Å². The van der Waals surface area contributed by atoms with Gasteiger partial charge >= 0.3 is 12.1 Å². The van der Waals surface area contributed by atoms with Crippen molar-refractivity contribution >= 4 is 23.8 Å². The summed E-state index contributed by atoms with van der Waals surface area (Å²) < 4.78 is 7.08. The highest BCUT2D eigenvalue weighted by atomic mass is 16.5. The molecule has 0 saturated carbocycles. The van der Waals surface area contributed by atoms with Crippen molar-refractivity contribution in [3.8, 4) is 11.1 Å². The molecule has 0 bridgehead atoms. The van der Waals surface area contributed by atoms with E-state index in [2.05, 4.69) is 34.7 Å². The Hall–Kier alpha value is -4.14. The van der Waals surface area contributed by atoms with Crippen molar-refractivity contribution in [3.63, 3.8) is 0 Å². The number of carboxylic acids is 1. The summed E-state index contributed by atoms with van der Waals surface area (Å²) in [7, 11) is 0. The molecule has 9 heteroatoms. The Morgan fingerprint density at radius 2 is 1.74 bits per heavy atom. The minimum atomic E-state index is -1.11. The quantitative estimate of drug-likeness (QED) is 0.542. The van der Waals surface area contributed by atoms with Crippen LogP contribution < -0.4 is 10.2 Å². The zero-order valence-corrected chi connectivity index (χ0v) is 19.3. The number of nitrogens with zero attached hydrogens (tertiary/aromatic N) is 3. The van der Waals surface area contributed by atoms with Gasteiger partial charge in [-0.2, -0.15) is 5.10 Å². The number of carboxylic acid groups (broad SMARTS) is 1. The van der Waals surface area contributed by atoms with Crippen LogP contribution in [0.1, 0.15) is 40.7 Å². The molecule has 2 amide bonds. The van der Waals surface area contributed by atoms with Crippen LogP contribution in [-0.4, -0.2) is 52.6 Å². The number of ether oxygens (including phenoxy) is 1. The molecule has 5 rings (SSSR count). The summed E-state index contributed by atoms with van der Waals surface area (Å²) in [5, 5.41) is 16.1.